The molecule has 2 N–H and O–H groups in total. The number of anilines is 2. The third kappa shape index (κ3) is 6.27. The van der Waals surface area contributed by atoms with Crippen molar-refractivity contribution in [2.45, 2.75) is 18.2 Å². The quantitative estimate of drug-likeness (QED) is 0.226. The normalized spacial score (nSPS) is 10.6. The summed E-state index contributed by atoms with van der Waals surface area (Å²) in [6, 6.07) is 26.4. The summed E-state index contributed by atoms with van der Waals surface area (Å²) in [5.41, 5.74) is 3.90. The Morgan fingerprint density at radius 2 is 1.65 bits per heavy atom. The highest BCUT2D eigenvalue weighted by molar-refractivity contribution is 8.00. The minimum absolute atomic E-state index is 0.00837. The van der Waals surface area contributed by atoms with E-state index in [1.165, 1.54) is 11.8 Å². The third-order valence-electron chi connectivity index (χ3n) is 5.02. The molecule has 1 amide bonds. The number of carbonyl (C=O) groups excluding carboxylic acids is 2. The first-order valence-corrected chi connectivity index (χ1v) is 12.1. The van der Waals surface area contributed by atoms with E-state index in [-0.39, 0.29) is 23.9 Å². The fourth-order valence-corrected chi connectivity index (χ4v) is 4.59. The number of aryl methyl sites for hydroxylation is 1. The number of benzene rings is 3. The van der Waals surface area contributed by atoms with Gasteiger partial charge >= 0.3 is 0 Å². The Balaban J connectivity index is 1.37. The molecule has 0 spiro atoms. The number of thioether (sulfide) groups is 1. The number of pyridine rings is 1. The van der Waals surface area contributed by atoms with Crippen molar-refractivity contribution in [2.24, 2.45) is 0 Å². The lowest BCUT2D eigenvalue weighted by Crippen LogP contribution is -2.16. The second-order valence-corrected chi connectivity index (χ2v) is 9.24. The zero-order chi connectivity index (χ0) is 23.9. The number of hydrogen-bond acceptors (Lipinski definition) is 5. The predicted molar refractivity (Wildman–Crippen MR) is 144 cm³/mol. The fraction of sp³-hybridized carbons (Fsp3) is 0.111. The number of para-hydroxylation sites is 1. The highest BCUT2D eigenvalue weighted by atomic mass is 32.2. The molecule has 7 heteroatoms. The Labute approximate surface area is 208 Å². The smallest absolute Gasteiger partial charge is 0.256 e. The number of ketones is 1. The molecule has 4 aromatic rings. The number of amides is 1. The van der Waals surface area contributed by atoms with Crippen LogP contribution in [0.2, 0.25) is 0 Å². The van der Waals surface area contributed by atoms with Gasteiger partial charge in [0, 0.05) is 27.4 Å². The summed E-state index contributed by atoms with van der Waals surface area (Å²) >= 11 is 6.65. The number of carbonyl (C=O) groups is 2. The van der Waals surface area contributed by atoms with Gasteiger partial charge in [-0.1, -0.05) is 48.6 Å². The van der Waals surface area contributed by atoms with E-state index in [9.17, 15) is 9.59 Å². The molecule has 3 aromatic carbocycles. The molecule has 0 saturated carbocycles. The molecule has 0 radical (unpaired) electrons. The predicted octanol–water partition coefficient (Wildman–Crippen LogP) is 6.29. The summed E-state index contributed by atoms with van der Waals surface area (Å²) in [7, 11) is 0. The van der Waals surface area contributed by atoms with Crippen LogP contribution in [0.25, 0.3) is 10.9 Å². The van der Waals surface area contributed by atoms with Gasteiger partial charge in [0.2, 0.25) is 0 Å². The van der Waals surface area contributed by atoms with Gasteiger partial charge in [-0.2, -0.15) is 0 Å². The van der Waals surface area contributed by atoms with E-state index in [0.717, 1.165) is 27.2 Å². The summed E-state index contributed by atoms with van der Waals surface area (Å²) in [5, 5.41) is 6.99. The van der Waals surface area contributed by atoms with Crippen LogP contribution in [0.1, 0.15) is 22.5 Å². The van der Waals surface area contributed by atoms with Crippen LogP contribution in [0, 0.1) is 6.92 Å². The van der Waals surface area contributed by atoms with Crippen molar-refractivity contribution >= 4 is 62.9 Å². The van der Waals surface area contributed by atoms with Gasteiger partial charge < -0.3 is 10.6 Å². The number of Topliss-reactive ketones (excluding diaryl/α,β-unsaturated/α-hetero) is 1. The number of aromatic nitrogens is 1. The zero-order valence-corrected chi connectivity index (χ0v) is 20.2. The van der Waals surface area contributed by atoms with E-state index in [4.69, 9.17) is 12.2 Å². The van der Waals surface area contributed by atoms with Crippen LogP contribution in [0.5, 0.6) is 0 Å². The topological polar surface area (TPSA) is 71.1 Å². The number of nitrogens with one attached hydrogen (secondary N) is 2. The Morgan fingerprint density at radius 3 is 2.47 bits per heavy atom. The first kappa shape index (κ1) is 23.6. The van der Waals surface area contributed by atoms with Gasteiger partial charge in [0.1, 0.15) is 5.78 Å². The molecule has 0 saturated heterocycles. The molecule has 0 atom stereocenters. The number of hydrogen-bond donors (Lipinski definition) is 2. The maximum absolute atomic E-state index is 13.0. The molecular formula is C27H23N3O2S2. The average Bonchev–Trinajstić information content (AvgIpc) is 2.83. The summed E-state index contributed by atoms with van der Waals surface area (Å²) in [6.45, 7) is 1.95. The molecule has 5 nitrogen and oxygen atoms in total. The summed E-state index contributed by atoms with van der Waals surface area (Å²) < 4.78 is 0. The zero-order valence-electron chi connectivity index (χ0n) is 18.6. The molecule has 170 valence electrons. The van der Waals surface area contributed by atoms with Gasteiger partial charge in [0.15, 0.2) is 0 Å². The van der Waals surface area contributed by atoms with Gasteiger partial charge in [-0.3, -0.25) is 14.6 Å². The molecule has 0 bridgehead atoms. The van der Waals surface area contributed by atoms with Crippen molar-refractivity contribution in [3.05, 3.63) is 96.2 Å². The second kappa shape index (κ2) is 11.0. The van der Waals surface area contributed by atoms with Crippen molar-refractivity contribution in [3.8, 4) is 0 Å². The molecule has 0 aliphatic heterocycles. The van der Waals surface area contributed by atoms with Crippen LogP contribution in [0.4, 0.5) is 11.4 Å². The standard InChI is InChI=1S/C27H23N3O2S2/c1-18-11-12-19-15-21(13-14-24(19)28-18)30-27(32)23-9-5-6-10-25(23)34-17-22(31)16-26(33)29-20-7-3-2-4-8-20/h2-15H,16-17H2,1H3,(H,29,33)(H,30,32). The fourth-order valence-electron chi connectivity index (χ4n) is 3.40. The largest absolute Gasteiger partial charge is 0.350 e. The summed E-state index contributed by atoms with van der Waals surface area (Å²) in [6.07, 6.45) is 0.149. The lowest BCUT2D eigenvalue weighted by Gasteiger charge is -2.11. The lowest BCUT2D eigenvalue weighted by molar-refractivity contribution is -0.115. The van der Waals surface area contributed by atoms with Crippen LogP contribution < -0.4 is 10.6 Å². The van der Waals surface area contributed by atoms with Crippen molar-refractivity contribution in [1.82, 2.24) is 4.98 Å². The number of nitrogens with zero attached hydrogens (tertiary/aromatic N) is 1. The lowest BCUT2D eigenvalue weighted by atomic mass is 10.1. The Bertz CT molecular complexity index is 1360. The van der Waals surface area contributed by atoms with E-state index >= 15 is 0 Å². The Morgan fingerprint density at radius 1 is 0.882 bits per heavy atom. The van der Waals surface area contributed by atoms with Crippen LogP contribution in [0.15, 0.2) is 89.8 Å². The van der Waals surface area contributed by atoms with Crippen molar-refractivity contribution in [1.29, 1.82) is 0 Å². The van der Waals surface area contributed by atoms with Crippen molar-refractivity contribution in [2.75, 3.05) is 16.4 Å². The second-order valence-electron chi connectivity index (χ2n) is 7.73. The van der Waals surface area contributed by atoms with Crippen molar-refractivity contribution in [3.63, 3.8) is 0 Å². The van der Waals surface area contributed by atoms with Crippen LogP contribution in [-0.2, 0) is 4.79 Å². The number of fused-ring (bicyclic) bond motifs is 1. The van der Waals surface area contributed by atoms with Crippen molar-refractivity contribution < 1.29 is 9.59 Å². The SMILES string of the molecule is Cc1ccc2cc(NC(=O)c3ccccc3SCC(=O)CC(=S)Nc3ccccc3)ccc2n1. The maximum atomic E-state index is 13.0. The van der Waals surface area contributed by atoms with E-state index in [2.05, 4.69) is 15.6 Å². The Hall–Kier alpha value is -3.55. The minimum atomic E-state index is -0.226. The van der Waals surface area contributed by atoms with Crippen LogP contribution in [-0.4, -0.2) is 27.4 Å². The van der Waals surface area contributed by atoms with Gasteiger partial charge in [0.25, 0.3) is 5.91 Å². The molecule has 1 aromatic heterocycles. The number of rotatable bonds is 8. The van der Waals surface area contributed by atoms with E-state index in [0.29, 0.717) is 16.2 Å². The van der Waals surface area contributed by atoms with Gasteiger partial charge in [-0.15, -0.1) is 11.8 Å². The molecule has 0 aliphatic rings. The average molecular weight is 486 g/mol. The molecule has 0 aliphatic carbocycles. The minimum Gasteiger partial charge on any atom is -0.350 e. The van der Waals surface area contributed by atoms with Gasteiger partial charge in [-0.05, 0) is 55.5 Å². The first-order chi connectivity index (χ1) is 16.5. The third-order valence-corrected chi connectivity index (χ3v) is 6.40. The summed E-state index contributed by atoms with van der Waals surface area (Å²) in [5.74, 6) is -0.00997. The van der Waals surface area contributed by atoms with E-state index in [1.54, 1.807) is 6.07 Å². The molecule has 1 heterocycles. The van der Waals surface area contributed by atoms with E-state index < -0.39 is 0 Å². The monoisotopic (exact) mass is 485 g/mol. The van der Waals surface area contributed by atoms with E-state index in [1.807, 2.05) is 85.8 Å². The molecular weight excluding hydrogens is 462 g/mol. The highest BCUT2D eigenvalue weighted by Crippen LogP contribution is 2.25. The van der Waals surface area contributed by atoms with Gasteiger partial charge in [0.05, 0.1) is 28.2 Å². The molecule has 0 unspecified atom stereocenters. The van der Waals surface area contributed by atoms with Gasteiger partial charge in [-0.25, -0.2) is 0 Å². The van der Waals surface area contributed by atoms with Crippen LogP contribution >= 0.6 is 24.0 Å². The maximum Gasteiger partial charge on any atom is 0.256 e. The Kier molecular flexibility index (Phi) is 7.67. The molecule has 34 heavy (non-hydrogen) atoms. The number of thiocarbonyl (C=S) groups is 1. The first-order valence-electron chi connectivity index (χ1n) is 10.7. The highest BCUT2D eigenvalue weighted by Gasteiger charge is 2.14. The summed E-state index contributed by atoms with van der Waals surface area (Å²) in [4.78, 5) is 31.2. The molecule has 0 fully saturated rings. The van der Waals surface area contributed by atoms with Crippen LogP contribution in [0.3, 0.4) is 0 Å². The molecule has 4 rings (SSSR count).